The summed E-state index contributed by atoms with van der Waals surface area (Å²) in [5.41, 5.74) is 2.61. The fourth-order valence-corrected chi connectivity index (χ4v) is 1.51. The highest BCUT2D eigenvalue weighted by Crippen LogP contribution is 2.32. The van der Waals surface area contributed by atoms with Crippen molar-refractivity contribution in [2.24, 2.45) is 0 Å². The molecule has 0 nitrogen and oxygen atoms in total. The van der Waals surface area contributed by atoms with E-state index in [2.05, 4.69) is 12.1 Å². The zero-order chi connectivity index (χ0) is 7.68. The zero-order valence-electron chi connectivity index (χ0n) is 6.18. The smallest absolute Gasteiger partial charge is 0.0481 e. The van der Waals surface area contributed by atoms with Crippen LogP contribution >= 0.6 is 11.6 Å². The third-order valence-corrected chi connectivity index (χ3v) is 2.35. The first-order chi connectivity index (χ1) is 5.38. The zero-order valence-corrected chi connectivity index (χ0v) is 6.93. The number of hydrogen-bond donors (Lipinski definition) is 0. The van der Waals surface area contributed by atoms with E-state index in [0.717, 1.165) is 5.02 Å². The molecule has 11 heavy (non-hydrogen) atoms. The monoisotopic (exact) mass is 164 g/mol. The summed E-state index contributed by atoms with van der Waals surface area (Å²) in [7, 11) is 0. The van der Waals surface area contributed by atoms with Crippen molar-refractivity contribution < 1.29 is 0 Å². The second-order valence-electron chi connectivity index (χ2n) is 2.75. The van der Waals surface area contributed by atoms with Crippen molar-refractivity contribution in [2.75, 3.05) is 0 Å². The highest BCUT2D eigenvalue weighted by Gasteiger charge is 2.10. The van der Waals surface area contributed by atoms with Crippen LogP contribution in [0.15, 0.2) is 30.3 Å². The summed E-state index contributed by atoms with van der Waals surface area (Å²) in [6.07, 6.45) is 4.63. The standard InChI is InChI=1S/C10H9Cl/c11-10-7-2-1-6-9(10)8-4-3-5-8/h1-2,4,6-7H,3,5H2. The molecule has 1 heteroatoms. The van der Waals surface area contributed by atoms with Crippen molar-refractivity contribution in [1.29, 1.82) is 0 Å². The van der Waals surface area contributed by atoms with Crippen LogP contribution in [-0.2, 0) is 0 Å². The first-order valence-electron chi connectivity index (χ1n) is 3.82. The van der Waals surface area contributed by atoms with Gasteiger partial charge < -0.3 is 0 Å². The Hall–Kier alpha value is -0.750. The van der Waals surface area contributed by atoms with Crippen LogP contribution in [0.25, 0.3) is 5.57 Å². The number of allylic oxidation sites excluding steroid dienone is 2. The molecule has 0 radical (unpaired) electrons. The molecular formula is C10H9Cl. The van der Waals surface area contributed by atoms with Gasteiger partial charge in [-0.25, -0.2) is 0 Å². The molecule has 1 aromatic rings. The lowest BCUT2D eigenvalue weighted by molar-refractivity contribution is 0.988. The van der Waals surface area contributed by atoms with Crippen LogP contribution in [0.5, 0.6) is 0 Å². The van der Waals surface area contributed by atoms with Gasteiger partial charge in [0.15, 0.2) is 0 Å². The minimum absolute atomic E-state index is 0.874. The third-order valence-electron chi connectivity index (χ3n) is 2.02. The van der Waals surface area contributed by atoms with Crippen molar-refractivity contribution in [1.82, 2.24) is 0 Å². The van der Waals surface area contributed by atoms with Crippen LogP contribution in [0, 0.1) is 0 Å². The number of benzene rings is 1. The molecule has 0 spiro atoms. The van der Waals surface area contributed by atoms with Crippen molar-refractivity contribution in [2.45, 2.75) is 12.8 Å². The molecular weight excluding hydrogens is 156 g/mol. The second-order valence-corrected chi connectivity index (χ2v) is 3.16. The van der Waals surface area contributed by atoms with E-state index in [1.165, 1.54) is 24.0 Å². The molecule has 1 aromatic carbocycles. The molecule has 0 amide bonds. The van der Waals surface area contributed by atoms with E-state index < -0.39 is 0 Å². The van der Waals surface area contributed by atoms with Crippen LogP contribution in [-0.4, -0.2) is 0 Å². The van der Waals surface area contributed by atoms with Crippen LogP contribution in [0.2, 0.25) is 5.02 Å². The van der Waals surface area contributed by atoms with Gasteiger partial charge in [0, 0.05) is 5.02 Å². The first-order valence-corrected chi connectivity index (χ1v) is 4.19. The van der Waals surface area contributed by atoms with Crippen LogP contribution in [0.1, 0.15) is 18.4 Å². The summed E-state index contributed by atoms with van der Waals surface area (Å²) in [5.74, 6) is 0. The third kappa shape index (κ3) is 1.19. The number of hydrogen-bond acceptors (Lipinski definition) is 0. The van der Waals surface area contributed by atoms with Gasteiger partial charge in [0.25, 0.3) is 0 Å². The normalized spacial score (nSPS) is 15.5. The Kier molecular flexibility index (Phi) is 1.71. The SMILES string of the molecule is Clc1ccccc1C1=CCC1. The van der Waals surface area contributed by atoms with E-state index in [0.29, 0.717) is 0 Å². The lowest BCUT2D eigenvalue weighted by Crippen LogP contribution is -1.93. The average molecular weight is 165 g/mol. The molecule has 0 bridgehead atoms. The Balaban J connectivity index is 2.44. The van der Waals surface area contributed by atoms with Gasteiger partial charge in [-0.2, -0.15) is 0 Å². The molecule has 0 unspecified atom stereocenters. The highest BCUT2D eigenvalue weighted by molar-refractivity contribution is 6.32. The number of rotatable bonds is 1. The Bertz CT molecular complexity index is 299. The second kappa shape index (κ2) is 2.71. The van der Waals surface area contributed by atoms with E-state index in [-0.39, 0.29) is 0 Å². The minimum Gasteiger partial charge on any atom is -0.0837 e. The van der Waals surface area contributed by atoms with Gasteiger partial charge in [0.05, 0.1) is 0 Å². The maximum Gasteiger partial charge on any atom is 0.0481 e. The molecule has 56 valence electrons. The van der Waals surface area contributed by atoms with Gasteiger partial charge in [0.1, 0.15) is 0 Å². The maximum absolute atomic E-state index is 5.99. The Morgan fingerprint density at radius 3 is 2.45 bits per heavy atom. The van der Waals surface area contributed by atoms with Gasteiger partial charge in [0.2, 0.25) is 0 Å². The van der Waals surface area contributed by atoms with Crippen molar-refractivity contribution in [3.8, 4) is 0 Å². The summed E-state index contributed by atoms with van der Waals surface area (Å²) in [4.78, 5) is 0. The lowest BCUT2D eigenvalue weighted by atomic mass is 9.92. The molecule has 0 heterocycles. The summed E-state index contributed by atoms with van der Waals surface area (Å²) in [6.45, 7) is 0. The highest BCUT2D eigenvalue weighted by atomic mass is 35.5. The van der Waals surface area contributed by atoms with Gasteiger partial charge in [-0.1, -0.05) is 35.9 Å². The van der Waals surface area contributed by atoms with Crippen molar-refractivity contribution in [3.05, 3.63) is 40.9 Å². The molecule has 0 aromatic heterocycles. The fraction of sp³-hybridized carbons (Fsp3) is 0.200. The van der Waals surface area contributed by atoms with E-state index in [1.54, 1.807) is 0 Å². The Morgan fingerprint density at radius 2 is 1.91 bits per heavy atom. The summed E-state index contributed by atoms with van der Waals surface area (Å²) in [5, 5.41) is 0.874. The molecule has 0 saturated heterocycles. The van der Waals surface area contributed by atoms with E-state index >= 15 is 0 Å². The van der Waals surface area contributed by atoms with Crippen LogP contribution < -0.4 is 0 Å². The molecule has 0 saturated carbocycles. The van der Waals surface area contributed by atoms with E-state index in [4.69, 9.17) is 11.6 Å². The van der Waals surface area contributed by atoms with Crippen LogP contribution in [0.4, 0.5) is 0 Å². The molecule has 1 aliphatic rings. The summed E-state index contributed by atoms with van der Waals surface area (Å²) in [6, 6.07) is 8.01. The van der Waals surface area contributed by atoms with Gasteiger partial charge in [-0.15, -0.1) is 0 Å². The van der Waals surface area contributed by atoms with Crippen molar-refractivity contribution >= 4 is 17.2 Å². The molecule has 1 aliphatic carbocycles. The van der Waals surface area contributed by atoms with Crippen molar-refractivity contribution in [3.63, 3.8) is 0 Å². The predicted molar refractivity (Wildman–Crippen MR) is 48.7 cm³/mol. The Morgan fingerprint density at radius 1 is 1.18 bits per heavy atom. The molecule has 0 fully saturated rings. The molecule has 0 aliphatic heterocycles. The summed E-state index contributed by atoms with van der Waals surface area (Å²) < 4.78 is 0. The number of halogens is 1. The minimum atomic E-state index is 0.874. The molecule has 2 rings (SSSR count). The van der Waals surface area contributed by atoms with E-state index in [9.17, 15) is 0 Å². The fourth-order valence-electron chi connectivity index (χ4n) is 1.25. The van der Waals surface area contributed by atoms with Gasteiger partial charge >= 0.3 is 0 Å². The van der Waals surface area contributed by atoms with E-state index in [1.807, 2.05) is 18.2 Å². The quantitative estimate of drug-likeness (QED) is 0.596. The Labute approximate surface area is 71.5 Å². The molecule has 0 N–H and O–H groups in total. The van der Waals surface area contributed by atoms with Crippen LogP contribution in [0.3, 0.4) is 0 Å². The van der Waals surface area contributed by atoms with Gasteiger partial charge in [-0.3, -0.25) is 0 Å². The topological polar surface area (TPSA) is 0 Å². The molecule has 0 atom stereocenters. The summed E-state index contributed by atoms with van der Waals surface area (Å²) >= 11 is 5.99. The average Bonchev–Trinajstić information content (AvgIpc) is 1.90. The first kappa shape index (κ1) is 6.93. The maximum atomic E-state index is 5.99. The lowest BCUT2D eigenvalue weighted by Gasteiger charge is -2.15. The predicted octanol–water partition coefficient (Wildman–Crippen LogP) is 3.52. The largest absolute Gasteiger partial charge is 0.0837 e. The van der Waals surface area contributed by atoms with Gasteiger partial charge in [-0.05, 0) is 30.0 Å².